The van der Waals surface area contributed by atoms with E-state index in [1.807, 2.05) is 66.3 Å². The summed E-state index contributed by atoms with van der Waals surface area (Å²) in [5, 5.41) is 12.1. The Balaban J connectivity index is 0.00000353. The Labute approximate surface area is 235 Å². The first-order chi connectivity index (χ1) is 18.4. The van der Waals surface area contributed by atoms with E-state index in [4.69, 9.17) is 15.6 Å². The predicted octanol–water partition coefficient (Wildman–Crippen LogP) is 5.13. The van der Waals surface area contributed by atoms with Gasteiger partial charge in [-0.15, -0.1) is 12.4 Å². The minimum atomic E-state index is -0.186. The van der Waals surface area contributed by atoms with E-state index in [1.54, 1.807) is 0 Å². The number of benzene rings is 2. The Kier molecular flexibility index (Phi) is 9.04. The van der Waals surface area contributed by atoms with Gasteiger partial charge in [0.05, 0.1) is 17.5 Å². The summed E-state index contributed by atoms with van der Waals surface area (Å²) in [6.45, 7) is 4.10. The highest BCUT2D eigenvalue weighted by Gasteiger charge is 2.29. The molecule has 2 aromatic heterocycles. The number of aromatic nitrogens is 4. The summed E-state index contributed by atoms with van der Waals surface area (Å²) in [4.78, 5) is 21.5. The van der Waals surface area contributed by atoms with Gasteiger partial charge in [-0.25, -0.2) is 14.6 Å². The minimum absolute atomic E-state index is 0. The molecule has 2 heterocycles. The number of carbonyl (C=O) groups excluding carboxylic acids is 1. The molecule has 10 heteroatoms. The normalized spacial score (nSPS) is 17.9. The summed E-state index contributed by atoms with van der Waals surface area (Å²) in [6, 6.07) is 17.6. The molecule has 0 spiro atoms. The quantitative estimate of drug-likeness (QED) is 0.278. The van der Waals surface area contributed by atoms with Gasteiger partial charge in [0.2, 0.25) is 5.91 Å². The van der Waals surface area contributed by atoms with Gasteiger partial charge in [0, 0.05) is 11.6 Å². The van der Waals surface area contributed by atoms with Crippen LogP contribution in [0.4, 0.5) is 5.82 Å². The Morgan fingerprint density at radius 1 is 1.00 bits per heavy atom. The molecule has 206 valence electrons. The van der Waals surface area contributed by atoms with E-state index in [0.29, 0.717) is 5.82 Å². The third-order valence-corrected chi connectivity index (χ3v) is 7.27. The fourth-order valence-electron chi connectivity index (χ4n) is 5.28. The van der Waals surface area contributed by atoms with Crippen molar-refractivity contribution in [3.05, 3.63) is 60.9 Å². The Morgan fingerprint density at radius 2 is 1.67 bits per heavy atom. The van der Waals surface area contributed by atoms with Gasteiger partial charge in [0.25, 0.3) is 0 Å². The summed E-state index contributed by atoms with van der Waals surface area (Å²) in [5.74, 6) is 2.23. The number of hydrogen-bond acceptors (Lipinski definition) is 7. The van der Waals surface area contributed by atoms with Crippen LogP contribution in [-0.2, 0) is 4.79 Å². The van der Waals surface area contributed by atoms with Crippen molar-refractivity contribution in [1.29, 1.82) is 0 Å². The molecule has 39 heavy (non-hydrogen) atoms. The van der Waals surface area contributed by atoms with Crippen molar-refractivity contribution in [3.8, 4) is 22.8 Å². The lowest BCUT2D eigenvalue weighted by Gasteiger charge is -2.31. The van der Waals surface area contributed by atoms with Crippen molar-refractivity contribution < 1.29 is 9.53 Å². The fourth-order valence-corrected chi connectivity index (χ4v) is 5.28. The molecule has 0 saturated heterocycles. The average Bonchev–Trinajstić information content (AvgIpc) is 3.31. The van der Waals surface area contributed by atoms with E-state index < -0.39 is 0 Å². The molecule has 0 aliphatic heterocycles. The van der Waals surface area contributed by atoms with Crippen molar-refractivity contribution in [2.24, 2.45) is 5.92 Å². The number of ether oxygens (including phenoxy) is 1. The summed E-state index contributed by atoms with van der Waals surface area (Å²) in [7, 11) is 1.83. The van der Waals surface area contributed by atoms with E-state index >= 15 is 0 Å². The maximum Gasteiger partial charge on any atom is 0.237 e. The third kappa shape index (κ3) is 6.15. The van der Waals surface area contributed by atoms with Crippen molar-refractivity contribution in [2.75, 3.05) is 12.8 Å². The first kappa shape index (κ1) is 28.3. The van der Waals surface area contributed by atoms with Crippen LogP contribution in [0.3, 0.4) is 0 Å². The van der Waals surface area contributed by atoms with Crippen LogP contribution in [0.1, 0.15) is 45.6 Å². The van der Waals surface area contributed by atoms with E-state index in [9.17, 15) is 4.79 Å². The number of para-hydroxylation sites is 1. The van der Waals surface area contributed by atoms with Gasteiger partial charge in [-0.3, -0.25) is 4.79 Å². The highest BCUT2D eigenvalue weighted by atomic mass is 35.5. The molecule has 4 aromatic rings. The lowest BCUT2D eigenvalue weighted by atomic mass is 9.90. The van der Waals surface area contributed by atoms with Crippen LogP contribution >= 0.6 is 12.4 Å². The number of nitrogen functional groups attached to an aromatic ring is 1. The van der Waals surface area contributed by atoms with Crippen LogP contribution in [0.25, 0.3) is 22.3 Å². The number of carbonyl (C=O) groups is 1. The monoisotopic (exact) mass is 549 g/mol. The van der Waals surface area contributed by atoms with Crippen molar-refractivity contribution in [1.82, 2.24) is 30.4 Å². The van der Waals surface area contributed by atoms with Crippen LogP contribution in [0.2, 0.25) is 0 Å². The number of anilines is 1. The fraction of sp³-hybridized carbons (Fsp3) is 0.379. The molecule has 0 bridgehead atoms. The SMILES string of the molecule is CNC(C(=O)NC1CCC(n2nc(-c3ccc(Oc4ccccc4)cc3)c3c(N)ncnc32)CC1)C(C)C.Cl. The standard InChI is InChI=1S/C29H35N7O2.ClH/c1-18(2)25(31-3)29(37)34-20-11-13-21(14-12-20)36-28-24(27(30)32-17-33-28)26(35-36)19-9-15-23(16-10-19)38-22-7-5-4-6-8-22;/h4-10,15-18,20-21,25,31H,11-14H2,1-3H3,(H,34,37)(H2,30,32,33);1H. The van der Waals surface area contributed by atoms with Crippen LogP contribution in [0.15, 0.2) is 60.9 Å². The highest BCUT2D eigenvalue weighted by Crippen LogP contribution is 2.36. The van der Waals surface area contributed by atoms with Crippen molar-refractivity contribution in [2.45, 2.75) is 57.7 Å². The molecule has 1 amide bonds. The first-order valence-corrected chi connectivity index (χ1v) is 13.2. The van der Waals surface area contributed by atoms with Gasteiger partial charge in [0.1, 0.15) is 29.3 Å². The van der Waals surface area contributed by atoms with Gasteiger partial charge in [0.15, 0.2) is 5.65 Å². The second-order valence-electron chi connectivity index (χ2n) is 10.2. The molecule has 5 rings (SSSR count). The van der Waals surface area contributed by atoms with Gasteiger partial charge >= 0.3 is 0 Å². The second kappa shape index (κ2) is 12.4. The number of nitrogens with two attached hydrogens (primary N) is 1. The molecule has 1 atom stereocenters. The number of halogens is 1. The van der Waals surface area contributed by atoms with Gasteiger partial charge in [-0.2, -0.15) is 5.10 Å². The van der Waals surface area contributed by atoms with Crippen LogP contribution < -0.4 is 21.1 Å². The average molecular weight is 550 g/mol. The van der Waals surface area contributed by atoms with Crippen LogP contribution in [0.5, 0.6) is 11.5 Å². The van der Waals surface area contributed by atoms with Crippen molar-refractivity contribution >= 4 is 35.2 Å². The maximum atomic E-state index is 12.7. The molecular formula is C29H36ClN7O2. The minimum Gasteiger partial charge on any atom is -0.457 e. The Bertz CT molecular complexity index is 1380. The summed E-state index contributed by atoms with van der Waals surface area (Å²) >= 11 is 0. The smallest absolute Gasteiger partial charge is 0.237 e. The summed E-state index contributed by atoms with van der Waals surface area (Å²) in [5.41, 5.74) is 8.74. The largest absolute Gasteiger partial charge is 0.457 e. The molecule has 1 aliphatic rings. The third-order valence-electron chi connectivity index (χ3n) is 7.27. The molecule has 0 radical (unpaired) electrons. The van der Waals surface area contributed by atoms with E-state index in [1.165, 1.54) is 6.33 Å². The predicted molar refractivity (Wildman–Crippen MR) is 156 cm³/mol. The van der Waals surface area contributed by atoms with Crippen LogP contribution in [0, 0.1) is 5.92 Å². The molecule has 1 unspecified atom stereocenters. The molecule has 1 fully saturated rings. The lowest BCUT2D eigenvalue weighted by molar-refractivity contribution is -0.125. The maximum absolute atomic E-state index is 12.7. The van der Waals surface area contributed by atoms with E-state index in [0.717, 1.165) is 59.5 Å². The zero-order valence-corrected chi connectivity index (χ0v) is 23.3. The number of nitrogens with one attached hydrogen (secondary N) is 2. The topological polar surface area (TPSA) is 120 Å². The second-order valence-corrected chi connectivity index (χ2v) is 10.2. The molecule has 4 N–H and O–H groups in total. The van der Waals surface area contributed by atoms with Crippen LogP contribution in [-0.4, -0.2) is 44.8 Å². The number of likely N-dealkylation sites (N-methyl/N-ethyl adjacent to an activating group) is 1. The molecule has 9 nitrogen and oxygen atoms in total. The summed E-state index contributed by atoms with van der Waals surface area (Å²) < 4.78 is 7.94. The molecule has 2 aromatic carbocycles. The number of fused-ring (bicyclic) bond motifs is 1. The highest BCUT2D eigenvalue weighted by molar-refractivity contribution is 5.98. The Morgan fingerprint density at radius 3 is 2.31 bits per heavy atom. The Hall–Kier alpha value is -3.69. The zero-order chi connectivity index (χ0) is 26.6. The van der Waals surface area contributed by atoms with Gasteiger partial charge in [-0.05, 0) is 75.0 Å². The molecule has 1 saturated carbocycles. The zero-order valence-electron chi connectivity index (χ0n) is 22.5. The van der Waals surface area contributed by atoms with Gasteiger partial charge in [-0.1, -0.05) is 32.0 Å². The molecule has 1 aliphatic carbocycles. The van der Waals surface area contributed by atoms with E-state index in [-0.39, 0.29) is 42.4 Å². The van der Waals surface area contributed by atoms with Crippen molar-refractivity contribution in [3.63, 3.8) is 0 Å². The van der Waals surface area contributed by atoms with E-state index in [2.05, 4.69) is 34.4 Å². The lowest BCUT2D eigenvalue weighted by Crippen LogP contribution is -2.50. The number of rotatable bonds is 8. The first-order valence-electron chi connectivity index (χ1n) is 13.2. The number of amides is 1. The summed E-state index contributed by atoms with van der Waals surface area (Å²) in [6.07, 6.45) is 5.04. The number of hydrogen-bond donors (Lipinski definition) is 3. The molecular weight excluding hydrogens is 514 g/mol. The van der Waals surface area contributed by atoms with Gasteiger partial charge < -0.3 is 21.1 Å². The number of nitrogens with zero attached hydrogens (tertiary/aromatic N) is 4.